The van der Waals surface area contributed by atoms with Gasteiger partial charge in [0.2, 0.25) is 0 Å². The molecule has 1 atom stereocenters. The van der Waals surface area contributed by atoms with E-state index in [0.29, 0.717) is 22.8 Å². The first kappa shape index (κ1) is 16.6. The number of rotatable bonds is 5. The van der Waals surface area contributed by atoms with Crippen LogP contribution in [0, 0.1) is 17.9 Å². The second kappa shape index (κ2) is 6.13. The lowest BCUT2D eigenvalue weighted by molar-refractivity contribution is -0.136. The maximum Gasteiger partial charge on any atom is 0.389 e. The van der Waals surface area contributed by atoms with Gasteiger partial charge in [-0.3, -0.25) is 9.64 Å². The molecule has 7 heteroatoms. The minimum absolute atomic E-state index is 0.225. The lowest BCUT2D eigenvalue weighted by Crippen LogP contribution is -2.30. The van der Waals surface area contributed by atoms with Crippen LogP contribution in [0.3, 0.4) is 0 Å². The van der Waals surface area contributed by atoms with Crippen LogP contribution in [0.15, 0.2) is 30.5 Å². The molecule has 0 amide bonds. The summed E-state index contributed by atoms with van der Waals surface area (Å²) in [5, 5.41) is 9.89. The topological polar surface area (TPSA) is 50.1 Å². The van der Waals surface area contributed by atoms with Crippen molar-refractivity contribution in [2.75, 3.05) is 0 Å². The third-order valence-corrected chi connectivity index (χ3v) is 3.62. The van der Waals surface area contributed by atoms with Gasteiger partial charge in [0.15, 0.2) is 12.4 Å². The summed E-state index contributed by atoms with van der Waals surface area (Å²) in [5.74, 6) is 0. The standard InChI is InChI=1S/C16H12F3N3O/c1-21-15(10-20,6-7-16(17,18)19)11-22-8-12(9-23)13-4-2-3-5-14(13)22/h2-5,8-9H,6-7,11H2. The number of aromatic nitrogens is 1. The zero-order valence-electron chi connectivity index (χ0n) is 12.0. The van der Waals surface area contributed by atoms with E-state index >= 15 is 0 Å². The largest absolute Gasteiger partial charge is 0.389 e. The molecular weight excluding hydrogens is 307 g/mol. The van der Waals surface area contributed by atoms with E-state index in [1.54, 1.807) is 30.3 Å². The zero-order chi connectivity index (χ0) is 17.1. The predicted molar refractivity (Wildman–Crippen MR) is 77.6 cm³/mol. The predicted octanol–water partition coefficient (Wildman–Crippen LogP) is 3.98. The highest BCUT2D eigenvalue weighted by Gasteiger charge is 2.42. The Bertz CT molecular complexity index is 795. The van der Waals surface area contributed by atoms with Crippen LogP contribution in [0.5, 0.6) is 0 Å². The summed E-state index contributed by atoms with van der Waals surface area (Å²) in [4.78, 5) is 14.3. The molecule has 0 fully saturated rings. The number of hydrogen-bond acceptors (Lipinski definition) is 2. The number of carbonyl (C=O) groups excluding carboxylic acids is 1. The van der Waals surface area contributed by atoms with E-state index in [4.69, 9.17) is 6.57 Å². The Labute approximate surface area is 130 Å². The first-order valence-electron chi connectivity index (χ1n) is 6.74. The molecule has 0 saturated carbocycles. The fraction of sp³-hybridized carbons (Fsp3) is 0.312. The second-order valence-corrected chi connectivity index (χ2v) is 5.22. The van der Waals surface area contributed by atoms with Gasteiger partial charge in [0.1, 0.15) is 6.54 Å². The van der Waals surface area contributed by atoms with Gasteiger partial charge in [-0.05, 0) is 6.07 Å². The maximum atomic E-state index is 12.4. The summed E-state index contributed by atoms with van der Waals surface area (Å²) in [6.07, 6.45) is -4.15. The van der Waals surface area contributed by atoms with E-state index in [-0.39, 0.29) is 6.54 Å². The fourth-order valence-corrected chi connectivity index (χ4v) is 2.42. The van der Waals surface area contributed by atoms with Gasteiger partial charge in [-0.15, -0.1) is 0 Å². The Morgan fingerprint density at radius 3 is 2.57 bits per heavy atom. The van der Waals surface area contributed by atoms with Crippen molar-refractivity contribution in [3.63, 3.8) is 0 Å². The van der Waals surface area contributed by atoms with Gasteiger partial charge in [0.05, 0.1) is 12.8 Å². The van der Waals surface area contributed by atoms with E-state index < -0.39 is 24.6 Å². The van der Waals surface area contributed by atoms with E-state index in [1.807, 2.05) is 0 Å². The third kappa shape index (κ3) is 3.51. The van der Waals surface area contributed by atoms with Crippen LogP contribution in [0.25, 0.3) is 15.7 Å². The van der Waals surface area contributed by atoms with E-state index in [0.717, 1.165) is 0 Å². The van der Waals surface area contributed by atoms with Gasteiger partial charge in [0, 0.05) is 22.7 Å². The number of carbonyl (C=O) groups is 1. The average Bonchev–Trinajstić information content (AvgIpc) is 2.88. The van der Waals surface area contributed by atoms with Crippen molar-refractivity contribution in [2.24, 2.45) is 0 Å². The molecule has 1 heterocycles. The Kier molecular flexibility index (Phi) is 4.42. The first-order chi connectivity index (χ1) is 10.8. The molecule has 0 bridgehead atoms. The molecule has 0 aliphatic heterocycles. The summed E-state index contributed by atoms with van der Waals surface area (Å²) < 4.78 is 38.8. The SMILES string of the molecule is [C-]#[N+]C(C#N)(CCC(F)(F)F)Cn1cc(C=O)c2ccccc21. The van der Waals surface area contributed by atoms with Crippen LogP contribution in [0.1, 0.15) is 23.2 Å². The molecule has 0 saturated heterocycles. The molecule has 0 spiro atoms. The molecule has 2 aromatic rings. The second-order valence-electron chi connectivity index (χ2n) is 5.22. The van der Waals surface area contributed by atoms with Crippen LogP contribution in [-0.4, -0.2) is 22.6 Å². The molecule has 1 aromatic heterocycles. The number of para-hydroxylation sites is 1. The number of alkyl halides is 3. The van der Waals surface area contributed by atoms with Crippen molar-refractivity contribution in [1.29, 1.82) is 5.26 Å². The number of fused-ring (bicyclic) bond motifs is 1. The molecule has 0 aliphatic carbocycles. The average molecular weight is 319 g/mol. The molecule has 0 aliphatic rings. The minimum Gasteiger partial charge on any atom is -0.337 e. The van der Waals surface area contributed by atoms with Gasteiger partial charge in [-0.1, -0.05) is 18.2 Å². The highest BCUT2D eigenvalue weighted by Crippen LogP contribution is 2.30. The van der Waals surface area contributed by atoms with Crippen molar-refractivity contribution >= 4 is 17.2 Å². The highest BCUT2D eigenvalue weighted by molar-refractivity contribution is 5.97. The summed E-state index contributed by atoms with van der Waals surface area (Å²) >= 11 is 0. The summed E-state index contributed by atoms with van der Waals surface area (Å²) in [6, 6.07) is 8.56. The van der Waals surface area contributed by atoms with Crippen LogP contribution in [-0.2, 0) is 6.54 Å². The van der Waals surface area contributed by atoms with Crippen molar-refractivity contribution in [1.82, 2.24) is 4.57 Å². The number of nitriles is 1. The van der Waals surface area contributed by atoms with Gasteiger partial charge in [0.25, 0.3) is 0 Å². The minimum atomic E-state index is -4.43. The Hall–Kier alpha value is -2.80. The van der Waals surface area contributed by atoms with Gasteiger partial charge in [-0.25, -0.2) is 6.57 Å². The van der Waals surface area contributed by atoms with E-state index in [1.165, 1.54) is 10.8 Å². The third-order valence-electron chi connectivity index (χ3n) is 3.62. The zero-order valence-corrected chi connectivity index (χ0v) is 12.0. The highest BCUT2D eigenvalue weighted by atomic mass is 19.4. The number of aldehydes is 1. The fourth-order valence-electron chi connectivity index (χ4n) is 2.42. The molecule has 4 nitrogen and oxygen atoms in total. The maximum absolute atomic E-state index is 12.4. The number of benzene rings is 1. The normalized spacial score (nSPS) is 14.0. The molecule has 0 N–H and O–H groups in total. The van der Waals surface area contributed by atoms with Gasteiger partial charge in [-0.2, -0.15) is 18.4 Å². The van der Waals surface area contributed by atoms with Gasteiger partial charge >= 0.3 is 11.7 Å². The molecule has 1 aromatic carbocycles. The number of halogens is 3. The smallest absolute Gasteiger partial charge is 0.337 e. The van der Waals surface area contributed by atoms with Crippen LogP contribution < -0.4 is 0 Å². The summed E-state index contributed by atoms with van der Waals surface area (Å²) in [5.41, 5.74) is -0.851. The number of nitrogens with zero attached hydrogens (tertiary/aromatic N) is 3. The molecule has 23 heavy (non-hydrogen) atoms. The van der Waals surface area contributed by atoms with Crippen LogP contribution in [0.4, 0.5) is 13.2 Å². The van der Waals surface area contributed by atoms with Crippen LogP contribution in [0.2, 0.25) is 0 Å². The Balaban J connectivity index is 2.40. The lowest BCUT2D eigenvalue weighted by atomic mass is 9.95. The van der Waals surface area contributed by atoms with E-state index in [2.05, 4.69) is 4.85 Å². The van der Waals surface area contributed by atoms with Crippen molar-refractivity contribution in [3.05, 3.63) is 47.4 Å². The van der Waals surface area contributed by atoms with Crippen molar-refractivity contribution in [3.8, 4) is 6.07 Å². The quantitative estimate of drug-likeness (QED) is 0.618. The summed E-state index contributed by atoms with van der Waals surface area (Å²) in [6.45, 7) is 6.95. The molecule has 118 valence electrons. The summed E-state index contributed by atoms with van der Waals surface area (Å²) in [7, 11) is 0. The molecular formula is C16H12F3N3O. The van der Waals surface area contributed by atoms with Crippen molar-refractivity contribution in [2.45, 2.75) is 31.1 Å². The molecule has 0 radical (unpaired) electrons. The lowest BCUT2D eigenvalue weighted by Gasteiger charge is -2.17. The number of hydrogen-bond donors (Lipinski definition) is 0. The van der Waals surface area contributed by atoms with E-state index in [9.17, 15) is 23.2 Å². The van der Waals surface area contributed by atoms with Crippen molar-refractivity contribution < 1.29 is 18.0 Å². The monoisotopic (exact) mass is 319 g/mol. The molecule has 1 unspecified atom stereocenters. The molecule has 2 rings (SSSR count). The van der Waals surface area contributed by atoms with Gasteiger partial charge < -0.3 is 4.57 Å². The first-order valence-corrected chi connectivity index (χ1v) is 6.74. The Morgan fingerprint density at radius 1 is 1.30 bits per heavy atom. The van der Waals surface area contributed by atoms with Crippen LogP contribution >= 0.6 is 0 Å². The Morgan fingerprint density at radius 2 is 2.00 bits per heavy atom.